The Balaban J connectivity index is 1.94. The summed E-state index contributed by atoms with van der Waals surface area (Å²) in [5.41, 5.74) is 6.51. The Bertz CT molecular complexity index is 577. The highest BCUT2D eigenvalue weighted by molar-refractivity contribution is 8.00. The average molecular weight is 330 g/mol. The first-order valence-corrected chi connectivity index (χ1v) is 9.63. The molecule has 5 nitrogen and oxygen atoms in total. The van der Waals surface area contributed by atoms with E-state index < -0.39 is 10.0 Å². The second kappa shape index (κ2) is 7.00. The molecule has 0 saturated carbocycles. The minimum Gasteiger partial charge on any atom is -0.398 e. The third-order valence-electron chi connectivity index (χ3n) is 3.89. The predicted molar refractivity (Wildman–Crippen MR) is 86.7 cm³/mol. The maximum Gasteiger partial charge on any atom is 0.215 e. The number of hydrogen-bond donors (Lipinski definition) is 2. The van der Waals surface area contributed by atoms with Gasteiger partial charge >= 0.3 is 0 Å². The van der Waals surface area contributed by atoms with Gasteiger partial charge in [0, 0.05) is 22.9 Å². The highest BCUT2D eigenvalue weighted by Crippen LogP contribution is 2.28. The molecule has 1 fully saturated rings. The van der Waals surface area contributed by atoms with E-state index in [1.807, 2.05) is 25.1 Å². The van der Waals surface area contributed by atoms with Crippen molar-refractivity contribution >= 4 is 27.5 Å². The van der Waals surface area contributed by atoms with Gasteiger partial charge in [-0.25, -0.2) is 8.42 Å². The number of nitrogen functional groups attached to an aromatic ring is 1. The van der Waals surface area contributed by atoms with Crippen molar-refractivity contribution in [1.29, 1.82) is 0 Å². The summed E-state index contributed by atoms with van der Waals surface area (Å²) in [7, 11) is -3.33. The molecule has 2 atom stereocenters. The Morgan fingerprint density at radius 2 is 2.14 bits per heavy atom. The van der Waals surface area contributed by atoms with E-state index in [2.05, 4.69) is 0 Å². The van der Waals surface area contributed by atoms with E-state index >= 15 is 0 Å². The third-order valence-corrected chi connectivity index (χ3v) is 7.13. The lowest BCUT2D eigenvalue weighted by Gasteiger charge is -2.24. The first-order valence-electron chi connectivity index (χ1n) is 7.03. The molecule has 3 N–H and O–H groups in total. The van der Waals surface area contributed by atoms with Gasteiger partial charge in [-0.1, -0.05) is 19.1 Å². The van der Waals surface area contributed by atoms with E-state index in [9.17, 15) is 13.5 Å². The fourth-order valence-electron chi connectivity index (χ4n) is 2.58. The first-order chi connectivity index (χ1) is 9.95. The van der Waals surface area contributed by atoms with Crippen LogP contribution in [-0.4, -0.2) is 48.5 Å². The van der Waals surface area contributed by atoms with Crippen molar-refractivity contribution < 1.29 is 13.5 Å². The quantitative estimate of drug-likeness (QED) is 0.608. The van der Waals surface area contributed by atoms with Gasteiger partial charge in [0.1, 0.15) is 0 Å². The largest absolute Gasteiger partial charge is 0.398 e. The molecule has 1 aromatic rings. The summed E-state index contributed by atoms with van der Waals surface area (Å²) in [4.78, 5) is 0.904. The lowest BCUT2D eigenvalue weighted by Crippen LogP contribution is -2.41. The van der Waals surface area contributed by atoms with Gasteiger partial charge in [-0.3, -0.25) is 0 Å². The molecule has 2 rings (SSSR count). The van der Waals surface area contributed by atoms with Gasteiger partial charge in [0.25, 0.3) is 0 Å². The standard InChI is InChI=1S/C14H22N2O3S2/c1-11-6-7-16(13(11)10-17)21(18,19)9-8-20-14-5-3-2-4-12(14)15/h2-5,11,13,17H,6-10,15H2,1H3. The average Bonchev–Trinajstić information content (AvgIpc) is 2.82. The van der Waals surface area contributed by atoms with Gasteiger partial charge in [0.05, 0.1) is 18.4 Å². The number of aliphatic hydroxyl groups excluding tert-OH is 1. The maximum atomic E-state index is 12.4. The second-order valence-corrected chi connectivity index (χ2v) is 8.51. The lowest BCUT2D eigenvalue weighted by molar-refractivity contribution is 0.191. The molecule has 1 heterocycles. The predicted octanol–water partition coefficient (Wildman–Crippen LogP) is 1.39. The molecule has 118 valence electrons. The Morgan fingerprint density at radius 1 is 1.43 bits per heavy atom. The van der Waals surface area contributed by atoms with Crippen LogP contribution in [-0.2, 0) is 10.0 Å². The van der Waals surface area contributed by atoms with Gasteiger partial charge < -0.3 is 10.8 Å². The Labute approximate surface area is 130 Å². The summed E-state index contributed by atoms with van der Waals surface area (Å²) >= 11 is 1.45. The van der Waals surface area contributed by atoms with Crippen molar-refractivity contribution in [2.75, 3.05) is 30.4 Å². The smallest absolute Gasteiger partial charge is 0.215 e. The lowest BCUT2D eigenvalue weighted by atomic mass is 10.0. The molecule has 0 aromatic heterocycles. The van der Waals surface area contributed by atoms with Crippen LogP contribution in [0.25, 0.3) is 0 Å². The number of rotatable bonds is 6. The number of aliphatic hydroxyl groups is 1. The molecule has 0 aliphatic carbocycles. The summed E-state index contributed by atoms with van der Waals surface area (Å²) in [6.45, 7) is 2.38. The number of anilines is 1. The van der Waals surface area contributed by atoms with Gasteiger partial charge in [-0.2, -0.15) is 4.31 Å². The summed E-state index contributed by atoms with van der Waals surface area (Å²) in [6.07, 6.45) is 0.809. The van der Waals surface area contributed by atoms with Crippen LogP contribution in [0.15, 0.2) is 29.2 Å². The van der Waals surface area contributed by atoms with Gasteiger partial charge in [-0.05, 0) is 24.5 Å². The second-order valence-electron chi connectivity index (χ2n) is 5.33. The highest BCUT2D eigenvalue weighted by atomic mass is 32.2. The van der Waals surface area contributed by atoms with Crippen LogP contribution in [0.1, 0.15) is 13.3 Å². The number of sulfonamides is 1. The third kappa shape index (κ3) is 3.91. The zero-order chi connectivity index (χ0) is 15.5. The van der Waals surface area contributed by atoms with Crippen LogP contribution in [0.2, 0.25) is 0 Å². The molecule has 0 radical (unpaired) electrons. The maximum absolute atomic E-state index is 12.4. The van der Waals surface area contributed by atoms with Crippen LogP contribution >= 0.6 is 11.8 Å². The zero-order valence-corrected chi connectivity index (χ0v) is 13.7. The van der Waals surface area contributed by atoms with Crippen molar-refractivity contribution in [1.82, 2.24) is 4.31 Å². The molecule has 1 aromatic carbocycles. The van der Waals surface area contributed by atoms with E-state index in [4.69, 9.17) is 5.73 Å². The normalized spacial score (nSPS) is 23.5. The topological polar surface area (TPSA) is 83.6 Å². The first kappa shape index (κ1) is 16.6. The molecular weight excluding hydrogens is 308 g/mol. The van der Waals surface area contributed by atoms with Crippen molar-refractivity contribution in [2.45, 2.75) is 24.3 Å². The molecule has 7 heteroatoms. The molecule has 0 amide bonds. The summed E-state index contributed by atoms with van der Waals surface area (Å²) in [6, 6.07) is 7.16. The van der Waals surface area contributed by atoms with E-state index in [1.54, 1.807) is 6.07 Å². The van der Waals surface area contributed by atoms with E-state index in [0.29, 0.717) is 18.0 Å². The molecule has 1 saturated heterocycles. The minimum atomic E-state index is -3.33. The van der Waals surface area contributed by atoms with E-state index in [-0.39, 0.29) is 24.3 Å². The molecule has 0 spiro atoms. The Kier molecular flexibility index (Phi) is 5.54. The summed E-state index contributed by atoms with van der Waals surface area (Å²) < 4.78 is 26.3. The zero-order valence-electron chi connectivity index (χ0n) is 12.1. The summed E-state index contributed by atoms with van der Waals surface area (Å²) in [5.74, 6) is 0.733. The highest BCUT2D eigenvalue weighted by Gasteiger charge is 2.37. The van der Waals surface area contributed by atoms with Crippen LogP contribution in [0.5, 0.6) is 0 Å². The number of nitrogens with zero attached hydrogens (tertiary/aromatic N) is 1. The monoisotopic (exact) mass is 330 g/mol. The molecule has 2 unspecified atom stereocenters. The van der Waals surface area contributed by atoms with E-state index in [1.165, 1.54) is 16.1 Å². The van der Waals surface area contributed by atoms with E-state index in [0.717, 1.165) is 11.3 Å². The number of nitrogens with two attached hydrogens (primary N) is 1. The Morgan fingerprint density at radius 3 is 2.81 bits per heavy atom. The van der Waals surface area contributed by atoms with Crippen LogP contribution in [0.4, 0.5) is 5.69 Å². The van der Waals surface area contributed by atoms with Gasteiger partial charge in [-0.15, -0.1) is 11.8 Å². The molecule has 1 aliphatic heterocycles. The molecular formula is C14H22N2O3S2. The van der Waals surface area contributed by atoms with Crippen molar-refractivity contribution in [3.8, 4) is 0 Å². The molecule has 0 bridgehead atoms. The minimum absolute atomic E-state index is 0.0647. The van der Waals surface area contributed by atoms with Crippen LogP contribution in [0, 0.1) is 5.92 Å². The van der Waals surface area contributed by atoms with Crippen molar-refractivity contribution in [2.24, 2.45) is 5.92 Å². The van der Waals surface area contributed by atoms with Crippen molar-refractivity contribution in [3.63, 3.8) is 0 Å². The number of thioether (sulfide) groups is 1. The number of para-hydroxylation sites is 1. The fraction of sp³-hybridized carbons (Fsp3) is 0.571. The SMILES string of the molecule is CC1CCN(S(=O)(=O)CCSc2ccccc2N)C1CO. The molecule has 1 aliphatic rings. The summed E-state index contributed by atoms with van der Waals surface area (Å²) in [5, 5.41) is 9.38. The Hall–Kier alpha value is -0.760. The number of benzene rings is 1. The van der Waals surface area contributed by atoms with Crippen LogP contribution < -0.4 is 5.73 Å². The molecule has 21 heavy (non-hydrogen) atoms. The van der Waals surface area contributed by atoms with Crippen LogP contribution in [0.3, 0.4) is 0 Å². The van der Waals surface area contributed by atoms with Gasteiger partial charge in [0.15, 0.2) is 0 Å². The fourth-order valence-corrected chi connectivity index (χ4v) is 5.69. The number of hydrogen-bond acceptors (Lipinski definition) is 5. The van der Waals surface area contributed by atoms with Gasteiger partial charge in [0.2, 0.25) is 10.0 Å². The van der Waals surface area contributed by atoms with Crippen molar-refractivity contribution in [3.05, 3.63) is 24.3 Å².